The molecule has 1 heterocycles. The fourth-order valence-electron chi connectivity index (χ4n) is 1.43. The first kappa shape index (κ1) is 11.8. The summed E-state index contributed by atoms with van der Waals surface area (Å²) >= 11 is 5.79. The first-order valence-electron chi connectivity index (χ1n) is 5.19. The minimum atomic E-state index is 0.00620. The van der Waals surface area contributed by atoms with E-state index in [2.05, 4.69) is 10.1 Å². The Bertz CT molecular complexity index is 520. The summed E-state index contributed by atoms with van der Waals surface area (Å²) in [6.07, 6.45) is 0.756. The standard InChI is InChI=1S/C12H11ClN2O2/c1-8(16)6-12-14-11(15-17-12)7-9-2-4-10(13)5-3-9/h2-5H,6-7H2,1H3. The van der Waals surface area contributed by atoms with Crippen molar-refractivity contribution in [3.8, 4) is 0 Å². The molecular formula is C12H11ClN2O2. The summed E-state index contributed by atoms with van der Waals surface area (Å²) in [6.45, 7) is 1.49. The van der Waals surface area contributed by atoms with E-state index >= 15 is 0 Å². The van der Waals surface area contributed by atoms with Crippen LogP contribution in [0.3, 0.4) is 0 Å². The molecule has 0 radical (unpaired) electrons. The molecule has 0 atom stereocenters. The molecule has 0 saturated heterocycles. The average molecular weight is 251 g/mol. The molecule has 0 N–H and O–H groups in total. The molecule has 0 bridgehead atoms. The summed E-state index contributed by atoms with van der Waals surface area (Å²) in [4.78, 5) is 15.0. The van der Waals surface area contributed by atoms with Crippen LogP contribution in [0.4, 0.5) is 0 Å². The van der Waals surface area contributed by atoms with Gasteiger partial charge in [0.25, 0.3) is 0 Å². The van der Waals surface area contributed by atoms with Crippen molar-refractivity contribution >= 4 is 17.4 Å². The van der Waals surface area contributed by atoms with E-state index in [1.807, 2.05) is 24.3 Å². The molecule has 1 aromatic heterocycles. The van der Waals surface area contributed by atoms with Gasteiger partial charge in [-0.3, -0.25) is 4.79 Å². The first-order chi connectivity index (χ1) is 8.13. The summed E-state index contributed by atoms with van der Waals surface area (Å²) < 4.78 is 4.96. The lowest BCUT2D eigenvalue weighted by atomic mass is 10.1. The van der Waals surface area contributed by atoms with Crippen molar-refractivity contribution in [2.45, 2.75) is 19.8 Å². The van der Waals surface area contributed by atoms with E-state index in [9.17, 15) is 4.79 Å². The second-order valence-corrected chi connectivity index (χ2v) is 4.22. The van der Waals surface area contributed by atoms with Crippen LogP contribution < -0.4 is 0 Å². The number of carbonyl (C=O) groups excluding carboxylic acids is 1. The zero-order valence-electron chi connectivity index (χ0n) is 9.31. The Morgan fingerprint density at radius 1 is 1.35 bits per heavy atom. The van der Waals surface area contributed by atoms with Gasteiger partial charge in [-0.2, -0.15) is 4.98 Å². The van der Waals surface area contributed by atoms with Crippen LogP contribution in [0.25, 0.3) is 0 Å². The molecule has 0 aliphatic carbocycles. The number of benzene rings is 1. The summed E-state index contributed by atoms with van der Waals surface area (Å²) in [5, 5.41) is 4.51. The highest BCUT2D eigenvalue weighted by Crippen LogP contribution is 2.12. The lowest BCUT2D eigenvalue weighted by Gasteiger charge is -1.96. The van der Waals surface area contributed by atoms with Gasteiger partial charge in [0.2, 0.25) is 5.89 Å². The Hall–Kier alpha value is -1.68. The fourth-order valence-corrected chi connectivity index (χ4v) is 1.56. The smallest absolute Gasteiger partial charge is 0.234 e. The highest BCUT2D eigenvalue weighted by Gasteiger charge is 2.08. The van der Waals surface area contributed by atoms with Gasteiger partial charge in [-0.1, -0.05) is 28.9 Å². The summed E-state index contributed by atoms with van der Waals surface area (Å²) in [6, 6.07) is 7.44. The van der Waals surface area contributed by atoms with Crippen LogP contribution in [0.15, 0.2) is 28.8 Å². The van der Waals surface area contributed by atoms with Crippen LogP contribution in [0.1, 0.15) is 24.2 Å². The lowest BCUT2D eigenvalue weighted by molar-refractivity contribution is -0.116. The third-order valence-corrected chi connectivity index (χ3v) is 2.44. The molecule has 0 unspecified atom stereocenters. The van der Waals surface area contributed by atoms with Crippen LogP contribution >= 0.6 is 11.6 Å². The SMILES string of the molecule is CC(=O)Cc1nc(Cc2ccc(Cl)cc2)no1. The summed E-state index contributed by atoms with van der Waals surface area (Å²) in [5.74, 6) is 0.941. The zero-order chi connectivity index (χ0) is 12.3. The summed E-state index contributed by atoms with van der Waals surface area (Å²) in [5.41, 5.74) is 1.05. The van der Waals surface area contributed by atoms with Gasteiger partial charge in [0.15, 0.2) is 5.82 Å². The topological polar surface area (TPSA) is 56.0 Å². The van der Waals surface area contributed by atoms with Crippen molar-refractivity contribution in [2.75, 3.05) is 0 Å². The van der Waals surface area contributed by atoms with Crippen LogP contribution in [-0.2, 0) is 17.6 Å². The molecule has 0 saturated carbocycles. The van der Waals surface area contributed by atoms with Crippen molar-refractivity contribution in [3.05, 3.63) is 46.6 Å². The number of hydrogen-bond donors (Lipinski definition) is 0. The van der Waals surface area contributed by atoms with Gasteiger partial charge in [0, 0.05) is 11.4 Å². The highest BCUT2D eigenvalue weighted by molar-refractivity contribution is 6.30. The molecule has 0 aliphatic rings. The minimum absolute atomic E-state index is 0.00620. The Labute approximate surface area is 104 Å². The van der Waals surface area contributed by atoms with Gasteiger partial charge in [0.05, 0.1) is 6.42 Å². The maximum atomic E-state index is 10.9. The molecule has 5 heteroatoms. The lowest BCUT2D eigenvalue weighted by Crippen LogP contribution is -1.97. The van der Waals surface area contributed by atoms with Gasteiger partial charge in [0.1, 0.15) is 5.78 Å². The maximum absolute atomic E-state index is 10.9. The van der Waals surface area contributed by atoms with Crippen molar-refractivity contribution < 1.29 is 9.32 Å². The number of carbonyl (C=O) groups is 1. The largest absolute Gasteiger partial charge is 0.339 e. The second kappa shape index (κ2) is 5.10. The Morgan fingerprint density at radius 2 is 2.06 bits per heavy atom. The van der Waals surface area contributed by atoms with E-state index in [1.54, 1.807) is 0 Å². The number of nitrogens with zero attached hydrogens (tertiary/aromatic N) is 2. The molecule has 88 valence electrons. The number of rotatable bonds is 4. The zero-order valence-corrected chi connectivity index (χ0v) is 10.1. The van der Waals surface area contributed by atoms with Crippen molar-refractivity contribution in [3.63, 3.8) is 0 Å². The molecule has 0 aliphatic heterocycles. The van der Waals surface area contributed by atoms with Crippen molar-refractivity contribution in [1.29, 1.82) is 0 Å². The van der Waals surface area contributed by atoms with Gasteiger partial charge in [-0.05, 0) is 24.6 Å². The van der Waals surface area contributed by atoms with E-state index in [4.69, 9.17) is 16.1 Å². The predicted molar refractivity (Wildman–Crippen MR) is 62.9 cm³/mol. The van der Waals surface area contributed by atoms with E-state index in [0.29, 0.717) is 23.2 Å². The van der Waals surface area contributed by atoms with Crippen LogP contribution in [0.2, 0.25) is 5.02 Å². The van der Waals surface area contributed by atoms with Crippen LogP contribution in [0, 0.1) is 0 Å². The quantitative estimate of drug-likeness (QED) is 0.836. The van der Waals surface area contributed by atoms with Gasteiger partial charge in [-0.25, -0.2) is 0 Å². The fraction of sp³-hybridized carbons (Fsp3) is 0.250. The van der Waals surface area contributed by atoms with E-state index in [1.165, 1.54) is 6.92 Å². The molecule has 0 amide bonds. The molecule has 2 rings (SSSR count). The second-order valence-electron chi connectivity index (χ2n) is 3.79. The van der Waals surface area contributed by atoms with Crippen LogP contribution in [0.5, 0.6) is 0 Å². The molecule has 2 aromatic rings. The van der Waals surface area contributed by atoms with Gasteiger partial charge >= 0.3 is 0 Å². The van der Waals surface area contributed by atoms with Gasteiger partial charge < -0.3 is 4.52 Å². The molecule has 0 spiro atoms. The monoisotopic (exact) mass is 250 g/mol. The maximum Gasteiger partial charge on any atom is 0.234 e. The molecule has 17 heavy (non-hydrogen) atoms. The minimum Gasteiger partial charge on any atom is -0.339 e. The van der Waals surface area contributed by atoms with Crippen LogP contribution in [-0.4, -0.2) is 15.9 Å². The van der Waals surface area contributed by atoms with Crippen molar-refractivity contribution in [1.82, 2.24) is 10.1 Å². The molecular weight excluding hydrogens is 240 g/mol. The summed E-state index contributed by atoms with van der Waals surface area (Å²) in [7, 11) is 0. The predicted octanol–water partition coefficient (Wildman–Crippen LogP) is 2.45. The third-order valence-electron chi connectivity index (χ3n) is 2.19. The van der Waals surface area contributed by atoms with Gasteiger partial charge in [-0.15, -0.1) is 0 Å². The highest BCUT2D eigenvalue weighted by atomic mass is 35.5. The number of Topliss-reactive ketones (excluding diaryl/α,β-unsaturated/α-hetero) is 1. The number of hydrogen-bond acceptors (Lipinski definition) is 4. The molecule has 4 nitrogen and oxygen atoms in total. The Morgan fingerprint density at radius 3 is 2.71 bits per heavy atom. The Balaban J connectivity index is 2.06. The molecule has 0 fully saturated rings. The number of aromatic nitrogens is 2. The Kier molecular flexibility index (Phi) is 3.54. The third kappa shape index (κ3) is 3.39. The van der Waals surface area contributed by atoms with E-state index < -0.39 is 0 Å². The normalized spacial score (nSPS) is 10.5. The first-order valence-corrected chi connectivity index (χ1v) is 5.56. The number of halogens is 1. The number of ketones is 1. The molecule has 1 aromatic carbocycles. The van der Waals surface area contributed by atoms with E-state index in [0.717, 1.165) is 5.56 Å². The average Bonchev–Trinajstić information content (AvgIpc) is 2.68. The van der Waals surface area contributed by atoms with E-state index in [-0.39, 0.29) is 12.2 Å². The van der Waals surface area contributed by atoms with Crippen molar-refractivity contribution in [2.24, 2.45) is 0 Å².